The van der Waals surface area contributed by atoms with E-state index in [1.54, 1.807) is 43.3 Å². The van der Waals surface area contributed by atoms with Gasteiger partial charge in [0.2, 0.25) is 5.91 Å². The van der Waals surface area contributed by atoms with Gasteiger partial charge < -0.3 is 5.32 Å². The molecule has 0 saturated carbocycles. The molecule has 1 atom stereocenters. The van der Waals surface area contributed by atoms with Crippen LogP contribution in [-0.2, 0) is 20.8 Å². The van der Waals surface area contributed by atoms with Gasteiger partial charge in [0, 0.05) is 37.3 Å². The molecule has 0 aliphatic rings. The van der Waals surface area contributed by atoms with Crippen molar-refractivity contribution in [2.75, 3.05) is 0 Å². The van der Waals surface area contributed by atoms with E-state index in [4.69, 9.17) is 0 Å². The van der Waals surface area contributed by atoms with Crippen molar-refractivity contribution in [3.05, 3.63) is 71.3 Å². The smallest absolute Gasteiger partial charge is 0.217 e. The first-order valence-electron chi connectivity index (χ1n) is 9.91. The lowest BCUT2D eigenvalue weighted by atomic mass is 9.96. The summed E-state index contributed by atoms with van der Waals surface area (Å²) >= 11 is 0. The average Bonchev–Trinajstić information content (AvgIpc) is 2.73. The van der Waals surface area contributed by atoms with Crippen molar-refractivity contribution < 1.29 is 19.2 Å². The summed E-state index contributed by atoms with van der Waals surface area (Å²) in [6, 6.07) is 15.5. The Balaban J connectivity index is 2.03. The third kappa shape index (κ3) is 7.11. The molecule has 0 bridgehead atoms. The summed E-state index contributed by atoms with van der Waals surface area (Å²) in [5.74, 6) is -0.294. The SMILES string of the molecule is CCC(=O)CCCC(=O)C(Cc1ccc(C(=O)c2ccccc2)cc1)NC(C)=O. The molecule has 29 heavy (non-hydrogen) atoms. The van der Waals surface area contributed by atoms with Gasteiger partial charge in [-0.05, 0) is 18.4 Å². The maximum atomic E-state index is 12.5. The number of benzene rings is 2. The number of Topliss-reactive ketones (excluding diaryl/α,β-unsaturated/α-hetero) is 2. The molecular weight excluding hydrogens is 366 g/mol. The summed E-state index contributed by atoms with van der Waals surface area (Å²) in [7, 11) is 0. The van der Waals surface area contributed by atoms with Crippen LogP contribution in [0.2, 0.25) is 0 Å². The minimum atomic E-state index is -0.639. The predicted octanol–water partition coefficient (Wildman–Crippen LogP) is 3.68. The monoisotopic (exact) mass is 393 g/mol. The van der Waals surface area contributed by atoms with E-state index < -0.39 is 6.04 Å². The highest BCUT2D eigenvalue weighted by atomic mass is 16.2. The van der Waals surface area contributed by atoms with Crippen molar-refractivity contribution in [2.45, 2.75) is 52.0 Å². The highest BCUT2D eigenvalue weighted by molar-refractivity contribution is 6.08. The lowest BCUT2D eigenvalue weighted by Gasteiger charge is -2.17. The van der Waals surface area contributed by atoms with E-state index in [0.29, 0.717) is 36.8 Å². The summed E-state index contributed by atoms with van der Waals surface area (Å²) < 4.78 is 0. The molecule has 0 aliphatic carbocycles. The molecule has 5 heteroatoms. The van der Waals surface area contributed by atoms with Crippen LogP contribution in [0.5, 0.6) is 0 Å². The number of amides is 1. The Labute approximate surface area is 171 Å². The van der Waals surface area contributed by atoms with Crippen LogP contribution in [0.15, 0.2) is 54.6 Å². The zero-order chi connectivity index (χ0) is 21.2. The van der Waals surface area contributed by atoms with Crippen LogP contribution in [0.3, 0.4) is 0 Å². The quantitative estimate of drug-likeness (QED) is 0.591. The molecule has 0 aromatic heterocycles. The molecule has 0 spiro atoms. The highest BCUT2D eigenvalue weighted by Crippen LogP contribution is 2.13. The Hall–Kier alpha value is -3.08. The Morgan fingerprint density at radius 1 is 0.862 bits per heavy atom. The topological polar surface area (TPSA) is 80.3 Å². The maximum absolute atomic E-state index is 12.5. The van der Waals surface area contributed by atoms with Gasteiger partial charge in [-0.1, -0.05) is 61.5 Å². The van der Waals surface area contributed by atoms with Gasteiger partial charge in [-0.15, -0.1) is 0 Å². The zero-order valence-electron chi connectivity index (χ0n) is 16.9. The van der Waals surface area contributed by atoms with Gasteiger partial charge >= 0.3 is 0 Å². The van der Waals surface area contributed by atoms with E-state index in [1.165, 1.54) is 6.92 Å². The molecule has 2 rings (SSSR count). The molecule has 0 aliphatic heterocycles. The van der Waals surface area contributed by atoms with E-state index in [1.807, 2.05) is 18.2 Å². The summed E-state index contributed by atoms with van der Waals surface area (Å²) in [4.78, 5) is 48.0. The number of nitrogens with one attached hydrogen (secondary N) is 1. The summed E-state index contributed by atoms with van der Waals surface area (Å²) in [5.41, 5.74) is 2.04. The van der Waals surface area contributed by atoms with Crippen LogP contribution in [0.4, 0.5) is 0 Å². The van der Waals surface area contributed by atoms with Gasteiger partial charge in [0.25, 0.3) is 0 Å². The first-order valence-corrected chi connectivity index (χ1v) is 9.91. The first-order chi connectivity index (χ1) is 13.9. The van der Waals surface area contributed by atoms with Gasteiger partial charge in [0.1, 0.15) is 5.78 Å². The Kier molecular flexibility index (Phi) is 8.46. The maximum Gasteiger partial charge on any atom is 0.217 e. The lowest BCUT2D eigenvalue weighted by molar-refractivity contribution is -0.127. The van der Waals surface area contributed by atoms with Gasteiger partial charge in [-0.3, -0.25) is 19.2 Å². The van der Waals surface area contributed by atoms with E-state index in [-0.39, 0.29) is 29.7 Å². The second-order valence-electron chi connectivity index (χ2n) is 7.06. The van der Waals surface area contributed by atoms with Crippen LogP contribution in [-0.4, -0.2) is 29.3 Å². The summed E-state index contributed by atoms with van der Waals surface area (Å²) in [5, 5.41) is 2.70. The Morgan fingerprint density at radius 2 is 1.48 bits per heavy atom. The molecule has 1 unspecified atom stereocenters. The summed E-state index contributed by atoms with van der Waals surface area (Å²) in [6.45, 7) is 3.18. The van der Waals surface area contributed by atoms with E-state index in [9.17, 15) is 19.2 Å². The normalized spacial score (nSPS) is 11.5. The molecule has 0 heterocycles. The molecule has 1 amide bonds. The van der Waals surface area contributed by atoms with Crippen LogP contribution in [0.1, 0.15) is 61.0 Å². The number of carbonyl (C=O) groups is 4. The highest BCUT2D eigenvalue weighted by Gasteiger charge is 2.20. The van der Waals surface area contributed by atoms with Gasteiger partial charge in [-0.25, -0.2) is 0 Å². The third-order valence-electron chi connectivity index (χ3n) is 4.73. The number of carbonyl (C=O) groups excluding carboxylic acids is 4. The second kappa shape index (κ2) is 11.1. The van der Waals surface area contributed by atoms with E-state index >= 15 is 0 Å². The van der Waals surface area contributed by atoms with E-state index in [2.05, 4.69) is 5.32 Å². The molecule has 0 fully saturated rings. The van der Waals surface area contributed by atoms with Crippen LogP contribution >= 0.6 is 0 Å². The van der Waals surface area contributed by atoms with E-state index in [0.717, 1.165) is 5.56 Å². The number of ketones is 3. The standard InChI is InChI=1S/C24H27NO4/c1-3-21(27)10-7-11-23(28)22(25-17(2)26)16-18-12-14-20(15-13-18)24(29)19-8-5-4-6-9-19/h4-6,8-9,12-15,22H,3,7,10-11,16H2,1-2H3,(H,25,26). The van der Waals surface area contributed by atoms with Crippen LogP contribution in [0.25, 0.3) is 0 Å². The Morgan fingerprint density at radius 3 is 2.07 bits per heavy atom. The lowest BCUT2D eigenvalue weighted by Crippen LogP contribution is -2.41. The van der Waals surface area contributed by atoms with Gasteiger partial charge in [-0.2, -0.15) is 0 Å². The molecule has 152 valence electrons. The molecule has 2 aromatic rings. The number of rotatable bonds is 11. The molecule has 2 aromatic carbocycles. The minimum Gasteiger partial charge on any atom is -0.346 e. The molecule has 0 radical (unpaired) electrons. The second-order valence-corrected chi connectivity index (χ2v) is 7.06. The molecule has 1 N–H and O–H groups in total. The number of hydrogen-bond donors (Lipinski definition) is 1. The fraction of sp³-hybridized carbons (Fsp3) is 0.333. The predicted molar refractivity (Wildman–Crippen MR) is 112 cm³/mol. The Bertz CT molecular complexity index is 856. The molecular formula is C24H27NO4. The van der Waals surface area contributed by atoms with Crippen LogP contribution < -0.4 is 5.32 Å². The van der Waals surface area contributed by atoms with Gasteiger partial charge in [0.15, 0.2) is 11.6 Å². The van der Waals surface area contributed by atoms with Crippen molar-refractivity contribution in [1.29, 1.82) is 0 Å². The molecule has 0 saturated heterocycles. The average molecular weight is 393 g/mol. The largest absolute Gasteiger partial charge is 0.346 e. The van der Waals surface area contributed by atoms with Crippen molar-refractivity contribution in [3.63, 3.8) is 0 Å². The minimum absolute atomic E-state index is 0.0628. The third-order valence-corrected chi connectivity index (χ3v) is 4.73. The summed E-state index contributed by atoms with van der Waals surface area (Å²) in [6.07, 6.45) is 1.94. The van der Waals surface area contributed by atoms with Crippen molar-refractivity contribution in [2.24, 2.45) is 0 Å². The van der Waals surface area contributed by atoms with Crippen LogP contribution in [0, 0.1) is 0 Å². The van der Waals surface area contributed by atoms with Crippen molar-refractivity contribution in [1.82, 2.24) is 5.32 Å². The van der Waals surface area contributed by atoms with Crippen molar-refractivity contribution >= 4 is 23.3 Å². The fourth-order valence-electron chi connectivity index (χ4n) is 3.09. The zero-order valence-corrected chi connectivity index (χ0v) is 16.9. The number of hydrogen-bond acceptors (Lipinski definition) is 4. The van der Waals surface area contributed by atoms with Crippen molar-refractivity contribution in [3.8, 4) is 0 Å². The van der Waals surface area contributed by atoms with Gasteiger partial charge in [0.05, 0.1) is 6.04 Å². The molecule has 5 nitrogen and oxygen atoms in total. The fourth-order valence-corrected chi connectivity index (χ4v) is 3.09. The first kappa shape index (κ1) is 22.2.